The number of hydrogen-bond acceptors (Lipinski definition) is 2. The lowest BCUT2D eigenvalue weighted by molar-refractivity contribution is -0.136. The van der Waals surface area contributed by atoms with E-state index in [1.807, 2.05) is 23.1 Å². The fourth-order valence-electron chi connectivity index (χ4n) is 3.74. The number of halogens is 1. The van der Waals surface area contributed by atoms with Crippen LogP contribution in [0.25, 0.3) is 0 Å². The normalized spacial score (nSPS) is 29.2. The highest BCUT2D eigenvalue weighted by Gasteiger charge is 2.42. The monoisotopic (exact) mass is 346 g/mol. The number of likely N-dealkylation sites (tertiary alicyclic amines) is 1. The number of amides is 2. The first kappa shape index (κ1) is 15.9. The average molecular weight is 347 g/mol. The van der Waals surface area contributed by atoms with Gasteiger partial charge in [0.1, 0.15) is 0 Å². The molecule has 0 spiro atoms. The highest BCUT2D eigenvalue weighted by molar-refractivity contribution is 6.30. The van der Waals surface area contributed by atoms with Crippen LogP contribution in [-0.2, 0) is 9.59 Å². The summed E-state index contributed by atoms with van der Waals surface area (Å²) in [5.74, 6) is 0.929. The summed E-state index contributed by atoms with van der Waals surface area (Å²) < 4.78 is 0. The van der Waals surface area contributed by atoms with Gasteiger partial charge in [0, 0.05) is 36.0 Å². The molecule has 1 saturated heterocycles. The fraction of sp³-hybridized carbons (Fsp3) is 0.579. The molecule has 1 aromatic carbocycles. The summed E-state index contributed by atoms with van der Waals surface area (Å²) in [5, 5.41) is 3.92. The van der Waals surface area contributed by atoms with Gasteiger partial charge in [0.15, 0.2) is 0 Å². The molecule has 128 valence electrons. The van der Waals surface area contributed by atoms with E-state index in [2.05, 4.69) is 11.4 Å². The summed E-state index contributed by atoms with van der Waals surface area (Å²) >= 11 is 6.04. The lowest BCUT2D eigenvalue weighted by atomic mass is 9.96. The lowest BCUT2D eigenvalue weighted by Gasteiger charge is -2.32. The molecule has 2 saturated carbocycles. The first-order valence-electron chi connectivity index (χ1n) is 8.96. The van der Waals surface area contributed by atoms with E-state index in [0.29, 0.717) is 12.5 Å². The third kappa shape index (κ3) is 3.44. The van der Waals surface area contributed by atoms with E-state index < -0.39 is 0 Å². The maximum atomic E-state index is 12.6. The minimum Gasteiger partial charge on any atom is -0.352 e. The number of piperidine rings is 1. The van der Waals surface area contributed by atoms with Gasteiger partial charge in [-0.05, 0) is 49.8 Å². The van der Waals surface area contributed by atoms with Gasteiger partial charge in [0.05, 0.1) is 5.92 Å². The largest absolute Gasteiger partial charge is 0.352 e. The summed E-state index contributed by atoms with van der Waals surface area (Å²) in [6.45, 7) is 1.41. The van der Waals surface area contributed by atoms with E-state index in [4.69, 9.17) is 11.6 Å². The van der Waals surface area contributed by atoms with E-state index in [-0.39, 0.29) is 29.7 Å². The van der Waals surface area contributed by atoms with Gasteiger partial charge in [-0.2, -0.15) is 0 Å². The molecule has 1 heterocycles. The summed E-state index contributed by atoms with van der Waals surface area (Å²) in [4.78, 5) is 26.7. The van der Waals surface area contributed by atoms with E-state index in [9.17, 15) is 9.59 Å². The molecule has 3 fully saturated rings. The van der Waals surface area contributed by atoms with Crippen LogP contribution < -0.4 is 5.32 Å². The van der Waals surface area contributed by atoms with Crippen molar-refractivity contribution in [3.8, 4) is 0 Å². The third-order valence-corrected chi connectivity index (χ3v) is 5.66. The Labute approximate surface area is 147 Å². The predicted octanol–water partition coefficient (Wildman–Crippen LogP) is 2.96. The highest BCUT2D eigenvalue weighted by atomic mass is 35.5. The van der Waals surface area contributed by atoms with Crippen molar-refractivity contribution in [2.45, 2.75) is 44.1 Å². The number of carbonyl (C=O) groups excluding carboxylic acids is 2. The van der Waals surface area contributed by atoms with Crippen molar-refractivity contribution in [3.05, 3.63) is 34.9 Å². The van der Waals surface area contributed by atoms with Crippen molar-refractivity contribution < 1.29 is 9.59 Å². The van der Waals surface area contributed by atoms with E-state index in [1.165, 1.54) is 5.56 Å². The Balaban J connectivity index is 1.31. The Morgan fingerprint density at radius 3 is 2.75 bits per heavy atom. The average Bonchev–Trinajstić information content (AvgIpc) is 3.48. The zero-order valence-corrected chi connectivity index (χ0v) is 14.5. The maximum absolute atomic E-state index is 12.6. The third-order valence-electron chi connectivity index (χ3n) is 5.43. The van der Waals surface area contributed by atoms with Gasteiger partial charge < -0.3 is 10.2 Å². The topological polar surface area (TPSA) is 49.4 Å². The predicted molar refractivity (Wildman–Crippen MR) is 92.8 cm³/mol. The molecule has 24 heavy (non-hydrogen) atoms. The molecule has 2 amide bonds. The summed E-state index contributed by atoms with van der Waals surface area (Å²) in [6, 6.07) is 8.09. The van der Waals surface area contributed by atoms with Gasteiger partial charge in [-0.15, -0.1) is 0 Å². The summed E-state index contributed by atoms with van der Waals surface area (Å²) in [7, 11) is 0. The van der Waals surface area contributed by atoms with Crippen LogP contribution in [0.1, 0.15) is 43.6 Å². The van der Waals surface area contributed by atoms with Gasteiger partial charge in [-0.25, -0.2) is 0 Å². The number of carbonyl (C=O) groups is 2. The number of rotatable bonds is 4. The lowest BCUT2D eigenvalue weighted by Crippen LogP contribution is -2.46. The van der Waals surface area contributed by atoms with Crippen LogP contribution in [0.15, 0.2) is 24.3 Å². The zero-order valence-electron chi connectivity index (χ0n) is 13.7. The van der Waals surface area contributed by atoms with Crippen LogP contribution in [0.5, 0.6) is 0 Å². The number of benzene rings is 1. The molecule has 4 rings (SSSR count). The molecule has 3 aliphatic rings. The molecule has 3 atom stereocenters. The summed E-state index contributed by atoms with van der Waals surface area (Å²) in [5.41, 5.74) is 1.20. The van der Waals surface area contributed by atoms with Crippen LogP contribution in [0.4, 0.5) is 0 Å². The molecular formula is C19H23ClN2O2. The maximum Gasteiger partial charge on any atom is 0.225 e. The van der Waals surface area contributed by atoms with Crippen LogP contribution in [0, 0.1) is 11.8 Å². The molecule has 1 aliphatic heterocycles. The van der Waals surface area contributed by atoms with E-state index >= 15 is 0 Å². The molecule has 0 unspecified atom stereocenters. The molecule has 4 nitrogen and oxygen atoms in total. The Morgan fingerprint density at radius 1 is 1.17 bits per heavy atom. The van der Waals surface area contributed by atoms with Gasteiger partial charge in [0.2, 0.25) is 11.8 Å². The van der Waals surface area contributed by atoms with E-state index in [1.54, 1.807) is 0 Å². The van der Waals surface area contributed by atoms with Crippen molar-refractivity contribution in [2.24, 2.45) is 11.8 Å². The molecule has 5 heteroatoms. The number of nitrogens with zero attached hydrogens (tertiary/aromatic N) is 1. The van der Waals surface area contributed by atoms with Crippen molar-refractivity contribution >= 4 is 23.4 Å². The van der Waals surface area contributed by atoms with Crippen molar-refractivity contribution in [1.29, 1.82) is 0 Å². The number of nitrogens with one attached hydrogen (secondary N) is 1. The Morgan fingerprint density at radius 2 is 2.00 bits per heavy atom. The van der Waals surface area contributed by atoms with Crippen molar-refractivity contribution in [1.82, 2.24) is 10.2 Å². The molecule has 1 N–H and O–H groups in total. The van der Waals surface area contributed by atoms with Crippen LogP contribution in [0.2, 0.25) is 5.02 Å². The molecule has 2 aliphatic carbocycles. The van der Waals surface area contributed by atoms with E-state index in [0.717, 1.165) is 43.7 Å². The van der Waals surface area contributed by atoms with Crippen LogP contribution >= 0.6 is 11.6 Å². The fourth-order valence-corrected chi connectivity index (χ4v) is 3.94. The molecular weight excluding hydrogens is 324 g/mol. The first-order chi connectivity index (χ1) is 11.6. The summed E-state index contributed by atoms with van der Waals surface area (Å²) in [6.07, 6.45) is 4.84. The minimum atomic E-state index is -0.0536. The number of hydrogen-bond donors (Lipinski definition) is 1. The van der Waals surface area contributed by atoms with Gasteiger partial charge in [0.25, 0.3) is 0 Å². The van der Waals surface area contributed by atoms with Gasteiger partial charge in [-0.1, -0.05) is 23.7 Å². The molecule has 0 radical (unpaired) electrons. The van der Waals surface area contributed by atoms with Crippen molar-refractivity contribution in [2.75, 3.05) is 13.1 Å². The Hall–Kier alpha value is -1.55. The van der Waals surface area contributed by atoms with Gasteiger partial charge in [-0.3, -0.25) is 9.59 Å². The minimum absolute atomic E-state index is 0.0536. The standard InChI is InChI=1S/C19H23ClN2O2/c20-15-5-1-3-13(9-15)16-10-17(16)21-18(23)14-4-2-8-22(11-14)19(24)12-6-7-12/h1,3,5,9,12,14,16-17H,2,4,6-8,10-11H2,(H,21,23)/t14-,16-,17+/m0/s1. The highest BCUT2D eigenvalue weighted by Crippen LogP contribution is 2.41. The first-order valence-corrected chi connectivity index (χ1v) is 9.34. The molecule has 1 aromatic rings. The van der Waals surface area contributed by atoms with Crippen molar-refractivity contribution in [3.63, 3.8) is 0 Å². The smallest absolute Gasteiger partial charge is 0.225 e. The molecule has 0 aromatic heterocycles. The Kier molecular flexibility index (Phi) is 4.25. The SMILES string of the molecule is O=C(N[C@@H]1C[C@H]1c1cccc(Cl)c1)[C@H]1CCCN(C(=O)C2CC2)C1. The zero-order chi connectivity index (χ0) is 16.7. The van der Waals surface area contributed by atoms with Gasteiger partial charge >= 0.3 is 0 Å². The second-order valence-corrected chi connectivity index (χ2v) is 7.85. The quantitative estimate of drug-likeness (QED) is 0.911. The second kappa shape index (κ2) is 6.40. The van der Waals surface area contributed by atoms with Crippen LogP contribution in [-0.4, -0.2) is 35.8 Å². The van der Waals surface area contributed by atoms with Crippen LogP contribution in [0.3, 0.4) is 0 Å². The molecule has 0 bridgehead atoms. The Bertz CT molecular complexity index is 659. The second-order valence-electron chi connectivity index (χ2n) is 7.41.